The summed E-state index contributed by atoms with van der Waals surface area (Å²) in [6.07, 6.45) is 11.2. The lowest BCUT2D eigenvalue weighted by Gasteiger charge is -2.27. The summed E-state index contributed by atoms with van der Waals surface area (Å²) in [6.45, 7) is 5.92. The Morgan fingerprint density at radius 3 is 2.91 bits per heavy atom. The van der Waals surface area contributed by atoms with Crippen LogP contribution in [0.25, 0.3) is 12.2 Å². The highest BCUT2D eigenvalue weighted by atomic mass is 16.5. The number of pyridine rings is 1. The van der Waals surface area contributed by atoms with Gasteiger partial charge in [0.05, 0.1) is 23.0 Å². The Balaban J connectivity index is 1.15. The van der Waals surface area contributed by atoms with E-state index in [1.807, 2.05) is 12.3 Å². The van der Waals surface area contributed by atoms with Gasteiger partial charge < -0.3 is 20.4 Å². The number of imidazole rings is 1. The third-order valence-corrected chi connectivity index (χ3v) is 6.59. The molecular formula is C25H30N8O. The third kappa shape index (κ3) is 5.10. The smallest absolute Gasteiger partial charge is 0.216 e. The fraction of sp³-hybridized carbons (Fsp3) is 0.440. The lowest BCUT2D eigenvalue weighted by molar-refractivity contribution is 0.233. The molecule has 1 atom stereocenters. The summed E-state index contributed by atoms with van der Waals surface area (Å²) in [7, 11) is 0. The minimum atomic E-state index is 0.160. The summed E-state index contributed by atoms with van der Waals surface area (Å²) >= 11 is 0. The molecule has 4 heterocycles. The van der Waals surface area contributed by atoms with Crippen molar-refractivity contribution in [1.29, 1.82) is 0 Å². The second-order valence-electron chi connectivity index (χ2n) is 9.33. The highest BCUT2D eigenvalue weighted by Gasteiger charge is 2.22. The highest BCUT2D eigenvalue weighted by Crippen LogP contribution is 2.30. The molecule has 9 heteroatoms. The molecule has 0 amide bonds. The van der Waals surface area contributed by atoms with Gasteiger partial charge in [-0.2, -0.15) is 0 Å². The maximum atomic E-state index is 5.84. The Kier molecular flexibility index (Phi) is 5.95. The molecule has 2 fully saturated rings. The monoisotopic (exact) mass is 458 g/mol. The van der Waals surface area contributed by atoms with Gasteiger partial charge in [-0.15, -0.1) is 0 Å². The van der Waals surface area contributed by atoms with Crippen LogP contribution in [0, 0.1) is 5.92 Å². The number of aromatic amines is 1. The molecule has 0 radical (unpaired) electrons. The number of aromatic nitrogens is 5. The van der Waals surface area contributed by atoms with E-state index in [1.165, 1.54) is 18.4 Å². The van der Waals surface area contributed by atoms with Crippen molar-refractivity contribution >= 4 is 23.9 Å². The number of anilines is 2. The minimum absolute atomic E-state index is 0.160. The van der Waals surface area contributed by atoms with Gasteiger partial charge in [0.2, 0.25) is 11.8 Å². The van der Waals surface area contributed by atoms with Crippen molar-refractivity contribution < 1.29 is 4.74 Å². The maximum absolute atomic E-state index is 5.84. The molecule has 0 bridgehead atoms. The summed E-state index contributed by atoms with van der Waals surface area (Å²) in [6, 6.07) is 6.15. The van der Waals surface area contributed by atoms with Crippen molar-refractivity contribution in [3.63, 3.8) is 0 Å². The number of ether oxygens (including phenoxy) is 1. The van der Waals surface area contributed by atoms with E-state index in [9.17, 15) is 0 Å². The number of hydrogen-bond donors (Lipinski definition) is 3. The predicted octanol–water partition coefficient (Wildman–Crippen LogP) is 1.28. The van der Waals surface area contributed by atoms with Gasteiger partial charge >= 0.3 is 0 Å². The molecule has 2 aliphatic carbocycles. The first kappa shape index (κ1) is 21.2. The Hall–Kier alpha value is -3.30. The zero-order chi connectivity index (χ0) is 22.7. The molecule has 1 saturated carbocycles. The summed E-state index contributed by atoms with van der Waals surface area (Å²) in [4.78, 5) is 23.8. The molecule has 3 aromatic heterocycles. The molecule has 3 N–H and O–H groups in total. The molecule has 1 saturated heterocycles. The summed E-state index contributed by atoms with van der Waals surface area (Å²) in [5.74, 6) is 3.01. The van der Waals surface area contributed by atoms with Crippen molar-refractivity contribution in [3.05, 3.63) is 52.7 Å². The molecular weight excluding hydrogens is 428 g/mol. The summed E-state index contributed by atoms with van der Waals surface area (Å²) in [5.41, 5.74) is 2.21. The van der Waals surface area contributed by atoms with Crippen LogP contribution in [0.2, 0.25) is 0 Å². The van der Waals surface area contributed by atoms with E-state index in [4.69, 9.17) is 9.72 Å². The molecule has 3 aliphatic rings. The topological polar surface area (TPSA) is 104 Å². The van der Waals surface area contributed by atoms with Crippen LogP contribution in [0.15, 0.2) is 30.7 Å². The van der Waals surface area contributed by atoms with Crippen molar-refractivity contribution in [3.8, 4) is 5.88 Å². The predicted molar refractivity (Wildman–Crippen MR) is 130 cm³/mol. The van der Waals surface area contributed by atoms with Crippen molar-refractivity contribution in [1.82, 2.24) is 35.1 Å². The van der Waals surface area contributed by atoms with E-state index < -0.39 is 0 Å². The van der Waals surface area contributed by atoms with Crippen LogP contribution in [0.4, 0.5) is 11.8 Å². The number of rotatable bonds is 8. The van der Waals surface area contributed by atoms with Gasteiger partial charge in [-0.3, -0.25) is 4.90 Å². The second kappa shape index (κ2) is 9.52. The Bertz CT molecular complexity index is 1260. The van der Waals surface area contributed by atoms with Gasteiger partial charge in [-0.05, 0) is 49.0 Å². The van der Waals surface area contributed by atoms with Crippen molar-refractivity contribution in [2.45, 2.75) is 31.7 Å². The van der Waals surface area contributed by atoms with Crippen molar-refractivity contribution in [2.75, 3.05) is 38.1 Å². The van der Waals surface area contributed by atoms with Crippen LogP contribution in [0.3, 0.4) is 0 Å². The lowest BCUT2D eigenvalue weighted by Crippen LogP contribution is -2.42. The van der Waals surface area contributed by atoms with E-state index in [-0.39, 0.29) is 5.92 Å². The van der Waals surface area contributed by atoms with Gasteiger partial charge in [0.25, 0.3) is 0 Å². The molecule has 1 aliphatic heterocycles. The quantitative estimate of drug-likeness (QED) is 0.464. The Morgan fingerprint density at radius 2 is 2.03 bits per heavy atom. The first-order chi connectivity index (χ1) is 16.8. The number of nitrogens with zero attached hydrogens (tertiary/aromatic N) is 5. The zero-order valence-corrected chi connectivity index (χ0v) is 19.2. The van der Waals surface area contributed by atoms with E-state index in [1.54, 1.807) is 6.33 Å². The molecule has 6 rings (SSSR count). The number of hydrogen-bond acceptors (Lipinski definition) is 8. The van der Waals surface area contributed by atoms with Crippen LogP contribution >= 0.6 is 0 Å². The van der Waals surface area contributed by atoms with Crippen LogP contribution in [-0.2, 0) is 6.54 Å². The van der Waals surface area contributed by atoms with E-state index in [0.717, 1.165) is 68.0 Å². The average molecular weight is 459 g/mol. The Labute approximate surface area is 198 Å². The van der Waals surface area contributed by atoms with Crippen LogP contribution in [0.1, 0.15) is 36.4 Å². The van der Waals surface area contributed by atoms with Crippen LogP contribution in [0.5, 0.6) is 5.88 Å². The average Bonchev–Trinajstić information content (AvgIpc) is 3.61. The molecule has 0 spiro atoms. The van der Waals surface area contributed by atoms with Gasteiger partial charge in [-0.1, -0.05) is 6.08 Å². The molecule has 34 heavy (non-hydrogen) atoms. The number of piperazine rings is 1. The summed E-state index contributed by atoms with van der Waals surface area (Å²) in [5, 5.41) is 8.69. The van der Waals surface area contributed by atoms with Gasteiger partial charge in [-0.25, -0.2) is 19.9 Å². The molecule has 1 unspecified atom stereocenters. The van der Waals surface area contributed by atoms with Gasteiger partial charge in [0.1, 0.15) is 12.1 Å². The standard InChI is InChI=1S/C25H30N8O/c1-2-17(1)15-34-24-13-21(28-16-29-24)19-3-4-20-22(12-19)31-25(30-20)32-23-11-18(5-6-27-23)14-33-9-7-26-8-10-33/h4-6,11-13,16-17,19,26H,1-3,7-10,14-15H2,(H2,27,30,31,32). The number of H-pyrrole nitrogens is 1. The second-order valence-corrected chi connectivity index (χ2v) is 9.33. The Morgan fingerprint density at radius 1 is 1.12 bits per heavy atom. The number of nitrogens with one attached hydrogen (secondary N) is 3. The first-order valence-electron chi connectivity index (χ1n) is 12.2. The largest absolute Gasteiger partial charge is 0.477 e. The fourth-order valence-electron chi connectivity index (χ4n) is 4.47. The maximum Gasteiger partial charge on any atom is 0.216 e. The lowest BCUT2D eigenvalue weighted by atomic mass is 9.97. The number of fused-ring (bicyclic) bond motifs is 1. The molecule has 9 nitrogen and oxygen atoms in total. The van der Waals surface area contributed by atoms with Crippen molar-refractivity contribution in [2.24, 2.45) is 5.92 Å². The normalized spacial score (nSPS) is 20.2. The van der Waals surface area contributed by atoms with Crippen LogP contribution in [-0.4, -0.2) is 62.6 Å². The zero-order valence-electron chi connectivity index (χ0n) is 19.2. The molecule has 0 aromatic carbocycles. The molecule has 3 aromatic rings. The summed E-state index contributed by atoms with van der Waals surface area (Å²) < 4.78 is 5.84. The van der Waals surface area contributed by atoms with E-state index >= 15 is 0 Å². The highest BCUT2D eigenvalue weighted by molar-refractivity contribution is 5.52. The van der Waals surface area contributed by atoms with Crippen LogP contribution < -0.4 is 26.1 Å². The van der Waals surface area contributed by atoms with Gasteiger partial charge in [0, 0.05) is 50.9 Å². The fourth-order valence-corrected chi connectivity index (χ4v) is 4.47. The van der Waals surface area contributed by atoms with E-state index in [0.29, 0.717) is 17.7 Å². The molecule has 176 valence electrons. The first-order valence-corrected chi connectivity index (χ1v) is 12.2. The SMILES string of the molecule is C1=c2nc(Nc3cc(CN4CCNCC4)ccn3)[nH]c2=CC(c2cc(OCC3CC3)ncn2)C1. The van der Waals surface area contributed by atoms with Gasteiger partial charge in [0.15, 0.2) is 0 Å². The minimum Gasteiger partial charge on any atom is -0.477 e. The van der Waals surface area contributed by atoms with E-state index in [2.05, 4.69) is 59.8 Å². The third-order valence-electron chi connectivity index (χ3n) is 6.59.